The van der Waals surface area contributed by atoms with Crippen LogP contribution in [0.2, 0.25) is 0 Å². The average Bonchev–Trinajstić information content (AvgIpc) is 2.22. The van der Waals surface area contributed by atoms with E-state index in [2.05, 4.69) is 113 Å². The number of rotatable bonds is 9. The number of hydrogen-bond acceptors (Lipinski definition) is 2. The van der Waals surface area contributed by atoms with Gasteiger partial charge in [-0.05, 0) is 114 Å². The zero-order valence-corrected chi connectivity index (χ0v) is 44.7. The van der Waals surface area contributed by atoms with Gasteiger partial charge >= 0.3 is 0 Å². The third-order valence-corrected chi connectivity index (χ3v) is 13.7. The Hall–Kier alpha value is -8.11. The molecule has 0 atom stereocenters. The zero-order valence-electron chi connectivity index (χ0n) is 52.4. The summed E-state index contributed by atoms with van der Waals surface area (Å²) in [5.41, 5.74) is 10.6. The number of hydrogen-bond donors (Lipinski definition) is 0. The van der Waals surface area contributed by atoms with Gasteiger partial charge in [-0.1, -0.05) is 198 Å². The Kier molecular flexibility index (Phi) is 10.1. The number of imidazole rings is 1. The van der Waals surface area contributed by atoms with Crippen LogP contribution in [0.15, 0.2) is 212 Å². The summed E-state index contributed by atoms with van der Waals surface area (Å²) in [6.45, 7) is 15.2. The Morgan fingerprint density at radius 3 is 1.85 bits per heavy atom. The second kappa shape index (κ2) is 19.6. The van der Waals surface area contributed by atoms with E-state index in [0.29, 0.717) is 28.2 Å². The van der Waals surface area contributed by atoms with Crippen molar-refractivity contribution in [2.75, 3.05) is 0 Å². The standard InChI is InChI=1S/C69H56N4O.Pt/c1-46-18-14-15-25-57(46)51-31-37-63-65(41-51)72(67-58(48-19-10-8-11-20-48)26-17-27-59(67)49-21-12-9-13-22-49)45-71(63)54-23-16-24-55(43-54)74-56-34-35-60-61-40-50(47-28-32-52(33-29-47)68(2,3)4)30-36-62(61)73(64(60)44-56)66-42-53(38-39-70-66)69(5,6)7;/h8-42H,1-7H3;/q-2;/i8D,9D,10D,11D,12D,13D,19D,20D,21D,22D;. The Morgan fingerprint density at radius 1 is 0.533 bits per heavy atom. The van der Waals surface area contributed by atoms with Crippen molar-refractivity contribution in [3.8, 4) is 73.2 Å². The van der Waals surface area contributed by atoms with Crippen molar-refractivity contribution >= 4 is 32.8 Å². The summed E-state index contributed by atoms with van der Waals surface area (Å²) in [5.74, 6) is 1.50. The van der Waals surface area contributed by atoms with Crippen LogP contribution in [0.25, 0.3) is 94.5 Å². The summed E-state index contributed by atoms with van der Waals surface area (Å²) in [5, 5.41) is 1.99. The Bertz CT molecular complexity index is 4550. The normalized spacial score (nSPS) is 13.7. The summed E-state index contributed by atoms with van der Waals surface area (Å²) in [7, 11) is 0. The first-order valence-corrected chi connectivity index (χ1v) is 24.6. The number of para-hydroxylation sites is 1. The minimum absolute atomic E-state index is 0. The van der Waals surface area contributed by atoms with Crippen LogP contribution in [0.4, 0.5) is 0 Å². The molecule has 3 aromatic heterocycles. The molecule has 0 spiro atoms. The zero-order chi connectivity index (χ0) is 59.4. The Labute approximate surface area is 468 Å². The Morgan fingerprint density at radius 2 is 1.16 bits per heavy atom. The molecule has 12 rings (SSSR count). The van der Waals surface area contributed by atoms with Crippen molar-refractivity contribution in [3.63, 3.8) is 0 Å². The topological polar surface area (TPSA) is 35.9 Å². The van der Waals surface area contributed by atoms with Gasteiger partial charge in [0.15, 0.2) is 0 Å². The van der Waals surface area contributed by atoms with Crippen molar-refractivity contribution < 1.29 is 44.1 Å². The van der Waals surface area contributed by atoms with Crippen LogP contribution in [-0.2, 0) is 31.9 Å². The van der Waals surface area contributed by atoms with Gasteiger partial charge in [0, 0.05) is 44.3 Å². The number of fused-ring (bicyclic) bond motifs is 4. The monoisotopic (exact) mass is 1160 g/mol. The molecule has 0 bridgehead atoms. The molecular weight excluding hydrogens is 1100 g/mol. The van der Waals surface area contributed by atoms with Gasteiger partial charge in [0.25, 0.3) is 6.33 Å². The van der Waals surface area contributed by atoms with Crippen LogP contribution in [-0.4, -0.2) is 14.1 Å². The van der Waals surface area contributed by atoms with E-state index in [9.17, 15) is 5.48 Å². The smallest absolute Gasteiger partial charge is 0.268 e. The number of aromatic nitrogens is 4. The van der Waals surface area contributed by atoms with E-state index in [4.69, 9.17) is 17.9 Å². The fourth-order valence-electron chi connectivity index (χ4n) is 9.79. The van der Waals surface area contributed by atoms with Gasteiger partial charge in [-0.25, -0.2) is 4.98 Å². The molecule has 0 saturated heterocycles. The van der Waals surface area contributed by atoms with E-state index < -0.39 is 60.4 Å². The van der Waals surface area contributed by atoms with Crippen LogP contribution in [0.1, 0.15) is 71.9 Å². The summed E-state index contributed by atoms with van der Waals surface area (Å²) in [6, 6.07) is 49.2. The molecule has 9 aromatic carbocycles. The third-order valence-electron chi connectivity index (χ3n) is 13.7. The minimum atomic E-state index is -0.580. The summed E-state index contributed by atoms with van der Waals surface area (Å²) in [6.07, 6.45) is 5.36. The van der Waals surface area contributed by atoms with Crippen molar-refractivity contribution in [2.45, 2.75) is 59.3 Å². The van der Waals surface area contributed by atoms with Gasteiger partial charge in [-0.3, -0.25) is 4.57 Å². The summed E-state index contributed by atoms with van der Waals surface area (Å²) in [4.78, 5) is 4.93. The second-order valence-electron chi connectivity index (χ2n) is 20.6. The molecular formula is C69H56N4OPt-2. The maximum atomic E-state index is 9.22. The molecule has 0 saturated carbocycles. The van der Waals surface area contributed by atoms with E-state index in [1.807, 2.05) is 85.9 Å². The number of nitrogens with zero attached hydrogens (tertiary/aromatic N) is 4. The Balaban J connectivity index is 0.00000752. The molecule has 0 unspecified atom stereocenters. The summed E-state index contributed by atoms with van der Waals surface area (Å²) >= 11 is 0. The molecule has 6 heteroatoms. The number of benzene rings is 9. The maximum absolute atomic E-state index is 9.22. The van der Waals surface area contributed by atoms with Gasteiger partial charge in [-0.15, -0.1) is 29.7 Å². The molecule has 0 amide bonds. The molecule has 75 heavy (non-hydrogen) atoms. The van der Waals surface area contributed by atoms with Gasteiger partial charge in [0.05, 0.1) is 30.4 Å². The minimum Gasteiger partial charge on any atom is -0.510 e. The quantitative estimate of drug-likeness (QED) is 0.107. The first-order chi connectivity index (χ1) is 40.0. The van der Waals surface area contributed by atoms with Crippen LogP contribution in [0.5, 0.6) is 11.5 Å². The van der Waals surface area contributed by atoms with Crippen LogP contribution in [0, 0.1) is 25.4 Å². The van der Waals surface area contributed by atoms with E-state index >= 15 is 0 Å². The van der Waals surface area contributed by atoms with E-state index in [1.54, 1.807) is 33.4 Å². The number of pyridine rings is 1. The van der Waals surface area contributed by atoms with Gasteiger partial charge in [-0.2, -0.15) is 18.2 Å². The first kappa shape index (κ1) is 38.5. The van der Waals surface area contributed by atoms with Crippen LogP contribution >= 0.6 is 0 Å². The van der Waals surface area contributed by atoms with Gasteiger partial charge in [0.1, 0.15) is 5.82 Å². The molecule has 5 nitrogen and oxygen atoms in total. The van der Waals surface area contributed by atoms with Gasteiger partial charge < -0.3 is 13.9 Å². The molecule has 370 valence electrons. The second-order valence-corrected chi connectivity index (χ2v) is 20.6. The molecule has 0 aliphatic heterocycles. The SMILES string of the molecule is [2H]c1c([2H])c([2H])c(-c2cccc(-c3c([2H])c([2H])c([2H])c([2H])c3[2H])c2-[n+]2[c-]n(-c3[c-]c(Oc4[c-]c5c(cc4)c4cc(-c6ccc(C(C)(C)C)cc6)ccc4n5-c4cc(C(C)(C)C)ccn4)ccc3)c3ccc(-c4ccccc4C)cc32)c([2H])c1[2H].[Pt]. The van der Waals surface area contributed by atoms with Crippen molar-refractivity contribution in [3.05, 3.63) is 247 Å². The fourth-order valence-corrected chi connectivity index (χ4v) is 9.79. The molecule has 0 radical (unpaired) electrons. The van der Waals surface area contributed by atoms with Crippen LogP contribution < -0.4 is 9.30 Å². The average molecular weight is 1160 g/mol. The first-order valence-electron chi connectivity index (χ1n) is 29.6. The maximum Gasteiger partial charge on any atom is 0.268 e. The molecule has 3 heterocycles. The van der Waals surface area contributed by atoms with Crippen molar-refractivity contribution in [2.24, 2.45) is 0 Å². The number of aryl methyl sites for hydroxylation is 1. The molecule has 12 aromatic rings. The van der Waals surface area contributed by atoms with E-state index in [1.165, 1.54) is 5.56 Å². The third kappa shape index (κ3) is 9.32. The molecule has 0 fully saturated rings. The number of ether oxygens (including phenoxy) is 1. The fraction of sp³-hybridized carbons (Fsp3) is 0.130. The molecule has 0 N–H and O–H groups in total. The molecule has 0 aliphatic rings. The predicted octanol–water partition coefficient (Wildman–Crippen LogP) is 17.2. The van der Waals surface area contributed by atoms with E-state index in [-0.39, 0.29) is 59.8 Å². The van der Waals surface area contributed by atoms with E-state index in [0.717, 1.165) is 61.0 Å². The predicted molar refractivity (Wildman–Crippen MR) is 304 cm³/mol. The van der Waals surface area contributed by atoms with Crippen molar-refractivity contribution in [1.82, 2.24) is 14.1 Å². The van der Waals surface area contributed by atoms with Gasteiger partial charge in [0.2, 0.25) is 0 Å². The molecule has 0 aliphatic carbocycles. The largest absolute Gasteiger partial charge is 0.510 e. The summed E-state index contributed by atoms with van der Waals surface area (Å²) < 4.78 is 101. The van der Waals surface area contributed by atoms with Crippen molar-refractivity contribution in [1.29, 1.82) is 0 Å². The van der Waals surface area contributed by atoms with Crippen LogP contribution in [0.3, 0.4) is 0 Å².